The van der Waals surface area contributed by atoms with Crippen molar-refractivity contribution in [3.63, 3.8) is 0 Å². The van der Waals surface area contributed by atoms with E-state index in [1.165, 1.54) is 6.07 Å². The third-order valence-corrected chi connectivity index (χ3v) is 4.86. The van der Waals surface area contributed by atoms with E-state index in [9.17, 15) is 14.0 Å². The number of aryl methyl sites for hydroxylation is 1. The minimum absolute atomic E-state index is 0.0786. The van der Waals surface area contributed by atoms with Gasteiger partial charge in [0, 0.05) is 18.9 Å². The van der Waals surface area contributed by atoms with E-state index in [1.54, 1.807) is 24.0 Å². The number of hydrogen-bond donors (Lipinski definition) is 1. The first-order valence-corrected chi connectivity index (χ1v) is 8.26. The maximum Gasteiger partial charge on any atom is 0.410 e. The summed E-state index contributed by atoms with van der Waals surface area (Å²) in [5.41, 5.74) is 0.126. The summed E-state index contributed by atoms with van der Waals surface area (Å²) < 4.78 is 29.4. The van der Waals surface area contributed by atoms with Crippen LogP contribution in [0.5, 0.6) is 5.75 Å². The van der Waals surface area contributed by atoms with E-state index >= 15 is 0 Å². The molecule has 8 heteroatoms. The number of halogens is 1. The zero-order chi connectivity index (χ0) is 17.6. The van der Waals surface area contributed by atoms with Gasteiger partial charge in [-0.1, -0.05) is 6.07 Å². The van der Waals surface area contributed by atoms with Crippen molar-refractivity contribution in [1.29, 1.82) is 0 Å². The predicted molar refractivity (Wildman–Crippen MR) is 83.8 cm³/mol. The number of carbonyl (C=O) groups excluding carboxylic acids is 2. The smallest absolute Gasteiger partial charge is 0.410 e. The number of carbonyl (C=O) groups is 2. The van der Waals surface area contributed by atoms with Gasteiger partial charge in [0.1, 0.15) is 35.9 Å². The molecular formula is C17H19FN2O5. The van der Waals surface area contributed by atoms with Crippen molar-refractivity contribution in [2.24, 2.45) is 0 Å². The highest BCUT2D eigenvalue weighted by molar-refractivity contribution is 5.74. The number of likely N-dealkylation sites (tertiary alicyclic amines) is 1. The van der Waals surface area contributed by atoms with Gasteiger partial charge in [-0.25, -0.2) is 14.0 Å². The van der Waals surface area contributed by atoms with E-state index in [0.29, 0.717) is 37.2 Å². The molecule has 4 rings (SSSR count). The standard InChI is InChI=1S/C17H19FN2O5/c1-10-2-3-11(6-14(10)18)24-12-4-13(5-12)25-16(22)20-7-17(8-20)9-23-15(21)19-17/h2-3,6,12-13H,4-5,7-9H2,1H3,(H,19,21)/t12-,13+. The monoisotopic (exact) mass is 350 g/mol. The van der Waals surface area contributed by atoms with Crippen LogP contribution in [-0.2, 0) is 9.47 Å². The molecule has 1 aromatic rings. The summed E-state index contributed by atoms with van der Waals surface area (Å²) in [6.45, 7) is 2.77. The van der Waals surface area contributed by atoms with Crippen LogP contribution in [0.2, 0.25) is 0 Å². The van der Waals surface area contributed by atoms with Crippen LogP contribution in [0.1, 0.15) is 18.4 Å². The first-order chi connectivity index (χ1) is 11.9. The summed E-state index contributed by atoms with van der Waals surface area (Å²) in [7, 11) is 0. The van der Waals surface area contributed by atoms with Crippen LogP contribution in [-0.4, -0.2) is 54.5 Å². The summed E-state index contributed by atoms with van der Waals surface area (Å²) in [5.74, 6) is 0.189. The largest absolute Gasteiger partial charge is 0.490 e. The maximum absolute atomic E-state index is 13.5. The van der Waals surface area contributed by atoms with Crippen molar-refractivity contribution in [2.75, 3.05) is 19.7 Å². The Morgan fingerprint density at radius 1 is 1.36 bits per heavy atom. The fourth-order valence-electron chi connectivity index (χ4n) is 3.24. The summed E-state index contributed by atoms with van der Waals surface area (Å²) in [4.78, 5) is 24.7. The summed E-state index contributed by atoms with van der Waals surface area (Å²) in [6, 6.07) is 4.77. The van der Waals surface area contributed by atoms with Crippen LogP contribution in [0.3, 0.4) is 0 Å². The van der Waals surface area contributed by atoms with Gasteiger partial charge in [-0.15, -0.1) is 0 Å². The van der Waals surface area contributed by atoms with Crippen LogP contribution >= 0.6 is 0 Å². The molecule has 2 amide bonds. The van der Waals surface area contributed by atoms with Crippen LogP contribution in [0.4, 0.5) is 14.0 Å². The summed E-state index contributed by atoms with van der Waals surface area (Å²) >= 11 is 0. The van der Waals surface area contributed by atoms with E-state index < -0.39 is 17.7 Å². The lowest BCUT2D eigenvalue weighted by Crippen LogP contribution is -2.70. The van der Waals surface area contributed by atoms with Crippen molar-refractivity contribution in [1.82, 2.24) is 10.2 Å². The van der Waals surface area contributed by atoms with Gasteiger partial charge >= 0.3 is 12.2 Å². The van der Waals surface area contributed by atoms with Gasteiger partial charge in [0.2, 0.25) is 0 Å². The normalized spacial score (nSPS) is 26.3. The third kappa shape index (κ3) is 3.08. The second kappa shape index (κ2) is 5.79. The number of rotatable bonds is 3. The Balaban J connectivity index is 1.19. The van der Waals surface area contributed by atoms with Crippen molar-refractivity contribution in [2.45, 2.75) is 37.5 Å². The molecule has 0 atom stereocenters. The molecule has 25 heavy (non-hydrogen) atoms. The minimum atomic E-state index is -0.448. The van der Waals surface area contributed by atoms with Crippen LogP contribution < -0.4 is 10.1 Å². The number of ether oxygens (including phenoxy) is 3. The molecule has 1 aromatic carbocycles. The lowest BCUT2D eigenvalue weighted by molar-refractivity contribution is -0.0501. The number of amides is 2. The van der Waals surface area contributed by atoms with Crippen molar-refractivity contribution in [3.05, 3.63) is 29.6 Å². The Kier molecular flexibility index (Phi) is 3.70. The third-order valence-electron chi connectivity index (χ3n) is 4.86. The SMILES string of the molecule is Cc1ccc(O[C@H]2C[C@@H](OC(=O)N3CC4(COC(=O)N4)C3)C2)cc1F. The van der Waals surface area contributed by atoms with Crippen LogP contribution in [0, 0.1) is 12.7 Å². The molecule has 1 N–H and O–H groups in total. The number of cyclic esters (lactones) is 1. The molecule has 0 bridgehead atoms. The highest BCUT2D eigenvalue weighted by Crippen LogP contribution is 2.31. The molecule has 1 aliphatic carbocycles. The van der Waals surface area contributed by atoms with Crippen molar-refractivity contribution >= 4 is 12.2 Å². The summed E-state index contributed by atoms with van der Waals surface area (Å²) in [5, 5.41) is 2.71. The summed E-state index contributed by atoms with van der Waals surface area (Å²) in [6.07, 6.45) is 0.0558. The zero-order valence-corrected chi connectivity index (χ0v) is 13.8. The van der Waals surface area contributed by atoms with Gasteiger partial charge in [0.15, 0.2) is 0 Å². The van der Waals surface area contributed by atoms with Crippen molar-refractivity contribution < 1.29 is 28.2 Å². The zero-order valence-electron chi connectivity index (χ0n) is 13.8. The number of benzene rings is 1. The van der Waals surface area contributed by atoms with Crippen molar-refractivity contribution in [3.8, 4) is 5.75 Å². The first-order valence-electron chi connectivity index (χ1n) is 8.26. The predicted octanol–water partition coefficient (Wildman–Crippen LogP) is 1.97. The number of hydrogen-bond acceptors (Lipinski definition) is 5. The fraction of sp³-hybridized carbons (Fsp3) is 0.529. The Labute approximate surface area is 144 Å². The number of nitrogens with zero attached hydrogens (tertiary/aromatic N) is 1. The highest BCUT2D eigenvalue weighted by atomic mass is 19.1. The van der Waals surface area contributed by atoms with Gasteiger partial charge in [-0.2, -0.15) is 0 Å². The van der Waals surface area contributed by atoms with E-state index in [-0.39, 0.29) is 24.6 Å². The fourth-order valence-corrected chi connectivity index (χ4v) is 3.24. The molecule has 3 aliphatic rings. The molecule has 0 aromatic heterocycles. The van der Waals surface area contributed by atoms with Gasteiger partial charge in [0.05, 0.1) is 13.1 Å². The second-order valence-electron chi connectivity index (χ2n) is 6.97. The average molecular weight is 350 g/mol. The molecular weight excluding hydrogens is 331 g/mol. The molecule has 3 fully saturated rings. The Hall–Kier alpha value is -2.51. The highest BCUT2D eigenvalue weighted by Gasteiger charge is 2.52. The van der Waals surface area contributed by atoms with Gasteiger partial charge in [-0.05, 0) is 18.6 Å². The topological polar surface area (TPSA) is 77.1 Å². The molecule has 1 spiro atoms. The molecule has 2 saturated heterocycles. The van der Waals surface area contributed by atoms with Gasteiger partial charge in [-0.3, -0.25) is 0 Å². The molecule has 0 unspecified atom stereocenters. The van der Waals surface area contributed by atoms with Gasteiger partial charge < -0.3 is 24.4 Å². The Morgan fingerprint density at radius 2 is 2.12 bits per heavy atom. The number of nitrogens with one attached hydrogen (secondary N) is 1. The van der Waals surface area contributed by atoms with Crippen LogP contribution in [0.25, 0.3) is 0 Å². The molecule has 1 saturated carbocycles. The van der Waals surface area contributed by atoms with E-state index in [0.717, 1.165) is 0 Å². The lowest BCUT2D eigenvalue weighted by Gasteiger charge is -2.46. The average Bonchev–Trinajstić information content (AvgIpc) is 2.89. The van der Waals surface area contributed by atoms with E-state index in [1.807, 2.05) is 0 Å². The minimum Gasteiger partial charge on any atom is -0.490 e. The molecule has 2 heterocycles. The molecule has 2 aliphatic heterocycles. The molecule has 0 radical (unpaired) electrons. The quantitative estimate of drug-likeness (QED) is 0.902. The van der Waals surface area contributed by atoms with E-state index in [2.05, 4.69) is 5.32 Å². The van der Waals surface area contributed by atoms with Gasteiger partial charge in [0.25, 0.3) is 0 Å². The second-order valence-corrected chi connectivity index (χ2v) is 6.97. The molecule has 134 valence electrons. The Morgan fingerprint density at radius 3 is 2.76 bits per heavy atom. The maximum atomic E-state index is 13.5. The Bertz CT molecular complexity index is 713. The number of alkyl carbamates (subject to hydrolysis) is 1. The van der Waals surface area contributed by atoms with Crippen LogP contribution in [0.15, 0.2) is 18.2 Å². The van der Waals surface area contributed by atoms with E-state index in [4.69, 9.17) is 14.2 Å². The lowest BCUT2D eigenvalue weighted by atomic mass is 9.91. The molecule has 7 nitrogen and oxygen atoms in total. The first kappa shape index (κ1) is 16.0.